The summed E-state index contributed by atoms with van der Waals surface area (Å²) in [6.07, 6.45) is 55.2. The molecule has 0 aromatic heterocycles. The summed E-state index contributed by atoms with van der Waals surface area (Å²) in [5.74, 6) is 0.00886. The van der Waals surface area contributed by atoms with Crippen molar-refractivity contribution in [2.75, 3.05) is 13.2 Å². The van der Waals surface area contributed by atoms with Crippen molar-refractivity contribution in [3.63, 3.8) is 0 Å². The van der Waals surface area contributed by atoms with Crippen molar-refractivity contribution < 1.29 is 28.6 Å². The van der Waals surface area contributed by atoms with Crippen LogP contribution < -0.4 is 0 Å². The van der Waals surface area contributed by atoms with Crippen molar-refractivity contribution in [3.05, 3.63) is 0 Å². The van der Waals surface area contributed by atoms with E-state index in [2.05, 4.69) is 27.7 Å². The van der Waals surface area contributed by atoms with Crippen LogP contribution in [0.5, 0.6) is 0 Å². The lowest BCUT2D eigenvalue weighted by Crippen LogP contribution is -2.30. The van der Waals surface area contributed by atoms with Gasteiger partial charge in [0, 0.05) is 19.3 Å². The molecule has 0 rings (SSSR count). The molecule has 0 saturated carbocycles. The van der Waals surface area contributed by atoms with Crippen molar-refractivity contribution >= 4 is 17.9 Å². The zero-order valence-corrected chi connectivity index (χ0v) is 43.0. The first-order valence-electron chi connectivity index (χ1n) is 28.4. The SMILES string of the molecule is CCCCCCCCCCCCCCCCCCCCC(=O)OC[C@H](COC(=O)CCCCCCCCCCC(C)CC)OC(=O)CCCCCCCCCCCCCCCCC. The highest BCUT2D eigenvalue weighted by Crippen LogP contribution is 2.18. The van der Waals surface area contributed by atoms with Crippen LogP contribution in [-0.2, 0) is 28.6 Å². The Kier molecular flexibility index (Phi) is 50.1. The lowest BCUT2D eigenvalue weighted by molar-refractivity contribution is -0.167. The number of esters is 3. The second-order valence-corrected chi connectivity index (χ2v) is 19.8. The minimum absolute atomic E-state index is 0.0624. The van der Waals surface area contributed by atoms with E-state index in [1.807, 2.05) is 0 Å². The molecule has 0 heterocycles. The summed E-state index contributed by atoms with van der Waals surface area (Å²) >= 11 is 0. The summed E-state index contributed by atoms with van der Waals surface area (Å²) in [6, 6.07) is 0. The molecule has 0 aromatic carbocycles. The van der Waals surface area contributed by atoms with E-state index in [0.717, 1.165) is 63.7 Å². The smallest absolute Gasteiger partial charge is 0.306 e. The van der Waals surface area contributed by atoms with Gasteiger partial charge in [-0.1, -0.05) is 285 Å². The molecule has 374 valence electrons. The van der Waals surface area contributed by atoms with Gasteiger partial charge >= 0.3 is 17.9 Å². The van der Waals surface area contributed by atoms with Crippen molar-refractivity contribution in [2.24, 2.45) is 5.92 Å². The predicted octanol–water partition coefficient (Wildman–Crippen LogP) is 18.6. The molecule has 0 N–H and O–H groups in total. The van der Waals surface area contributed by atoms with Crippen LogP contribution in [0, 0.1) is 5.92 Å². The van der Waals surface area contributed by atoms with Gasteiger partial charge in [0.2, 0.25) is 0 Å². The number of unbranched alkanes of at least 4 members (excludes halogenated alkanes) is 38. The average molecular weight is 892 g/mol. The van der Waals surface area contributed by atoms with Gasteiger partial charge in [-0.3, -0.25) is 14.4 Å². The van der Waals surface area contributed by atoms with Crippen LogP contribution in [0.15, 0.2) is 0 Å². The summed E-state index contributed by atoms with van der Waals surface area (Å²) in [7, 11) is 0. The highest BCUT2D eigenvalue weighted by molar-refractivity contribution is 5.71. The molecular weight excluding hydrogens is 781 g/mol. The fourth-order valence-corrected chi connectivity index (χ4v) is 8.72. The molecule has 1 unspecified atom stereocenters. The van der Waals surface area contributed by atoms with Crippen molar-refractivity contribution in [1.29, 1.82) is 0 Å². The van der Waals surface area contributed by atoms with Gasteiger partial charge in [0.05, 0.1) is 0 Å². The lowest BCUT2D eigenvalue weighted by Gasteiger charge is -2.18. The van der Waals surface area contributed by atoms with E-state index in [1.54, 1.807) is 0 Å². The molecule has 0 amide bonds. The van der Waals surface area contributed by atoms with Gasteiger partial charge in [0.1, 0.15) is 13.2 Å². The molecule has 0 fully saturated rings. The van der Waals surface area contributed by atoms with Gasteiger partial charge in [-0.2, -0.15) is 0 Å². The Morgan fingerprint density at radius 2 is 0.556 bits per heavy atom. The molecule has 0 spiro atoms. The van der Waals surface area contributed by atoms with Crippen LogP contribution in [0.25, 0.3) is 0 Å². The van der Waals surface area contributed by atoms with Gasteiger partial charge in [0.15, 0.2) is 6.10 Å². The molecule has 2 atom stereocenters. The number of carbonyl (C=O) groups excluding carboxylic acids is 3. The monoisotopic (exact) mass is 891 g/mol. The summed E-state index contributed by atoms with van der Waals surface area (Å²) in [5.41, 5.74) is 0. The Bertz CT molecular complexity index is 951. The highest BCUT2D eigenvalue weighted by atomic mass is 16.6. The van der Waals surface area contributed by atoms with Gasteiger partial charge in [-0.15, -0.1) is 0 Å². The number of hydrogen-bond donors (Lipinski definition) is 0. The van der Waals surface area contributed by atoms with Crippen LogP contribution in [0.2, 0.25) is 0 Å². The van der Waals surface area contributed by atoms with Crippen molar-refractivity contribution in [3.8, 4) is 0 Å². The largest absolute Gasteiger partial charge is 0.462 e. The second kappa shape index (κ2) is 51.4. The van der Waals surface area contributed by atoms with Crippen LogP contribution in [0.1, 0.15) is 323 Å². The van der Waals surface area contributed by atoms with E-state index < -0.39 is 6.10 Å². The first kappa shape index (κ1) is 61.4. The molecule has 0 aromatic rings. The maximum absolute atomic E-state index is 12.8. The van der Waals surface area contributed by atoms with E-state index in [1.165, 1.54) is 218 Å². The average Bonchev–Trinajstić information content (AvgIpc) is 3.28. The highest BCUT2D eigenvalue weighted by Gasteiger charge is 2.19. The minimum atomic E-state index is -0.762. The van der Waals surface area contributed by atoms with Crippen LogP contribution >= 0.6 is 0 Å². The number of carbonyl (C=O) groups is 3. The van der Waals surface area contributed by atoms with E-state index in [4.69, 9.17) is 14.2 Å². The Balaban J connectivity index is 4.28. The third kappa shape index (κ3) is 49.7. The summed E-state index contributed by atoms with van der Waals surface area (Å²) in [6.45, 7) is 9.06. The fraction of sp³-hybridized carbons (Fsp3) is 0.947. The third-order valence-corrected chi connectivity index (χ3v) is 13.4. The third-order valence-electron chi connectivity index (χ3n) is 13.4. The predicted molar refractivity (Wildman–Crippen MR) is 270 cm³/mol. The molecular formula is C57H110O6. The first-order valence-corrected chi connectivity index (χ1v) is 28.4. The Morgan fingerprint density at radius 3 is 0.825 bits per heavy atom. The zero-order chi connectivity index (χ0) is 45.9. The standard InChI is InChI=1S/C57H110O6/c1-5-8-10-12-14-16-18-20-22-23-24-26-27-29-31-36-40-44-48-55(58)61-51-54(52-62-56(59)49-45-41-37-34-33-35-39-43-47-53(4)7-3)63-57(60)50-46-42-38-32-30-28-25-21-19-17-15-13-11-9-6-2/h53-54H,5-52H2,1-4H3/t53?,54-/m1/s1. The lowest BCUT2D eigenvalue weighted by atomic mass is 9.99. The molecule has 6 heteroatoms. The maximum atomic E-state index is 12.8. The normalized spacial score (nSPS) is 12.4. The molecule has 0 aliphatic heterocycles. The van der Waals surface area contributed by atoms with Crippen LogP contribution in [-0.4, -0.2) is 37.2 Å². The quantitative estimate of drug-likeness (QED) is 0.0344. The summed E-state index contributed by atoms with van der Waals surface area (Å²) < 4.78 is 16.9. The van der Waals surface area contributed by atoms with Gasteiger partial charge < -0.3 is 14.2 Å². The molecule has 0 aliphatic carbocycles. The van der Waals surface area contributed by atoms with Crippen LogP contribution in [0.3, 0.4) is 0 Å². The Labute approximate surface area is 393 Å². The molecule has 0 saturated heterocycles. The van der Waals surface area contributed by atoms with E-state index >= 15 is 0 Å². The van der Waals surface area contributed by atoms with E-state index in [0.29, 0.717) is 19.3 Å². The molecule has 63 heavy (non-hydrogen) atoms. The second-order valence-electron chi connectivity index (χ2n) is 19.8. The Morgan fingerprint density at radius 1 is 0.317 bits per heavy atom. The minimum Gasteiger partial charge on any atom is -0.462 e. The summed E-state index contributed by atoms with van der Waals surface area (Å²) in [4.78, 5) is 38.1. The maximum Gasteiger partial charge on any atom is 0.306 e. The molecule has 0 radical (unpaired) electrons. The van der Waals surface area contributed by atoms with Gasteiger partial charge in [0.25, 0.3) is 0 Å². The topological polar surface area (TPSA) is 78.9 Å². The first-order chi connectivity index (χ1) is 30.9. The summed E-state index contributed by atoms with van der Waals surface area (Å²) in [5, 5.41) is 0. The Hall–Kier alpha value is -1.59. The van der Waals surface area contributed by atoms with Gasteiger partial charge in [-0.05, 0) is 25.2 Å². The molecule has 0 aliphatic rings. The van der Waals surface area contributed by atoms with E-state index in [9.17, 15) is 14.4 Å². The van der Waals surface area contributed by atoms with Crippen molar-refractivity contribution in [2.45, 2.75) is 329 Å². The molecule has 6 nitrogen and oxygen atoms in total. The van der Waals surface area contributed by atoms with Gasteiger partial charge in [-0.25, -0.2) is 0 Å². The number of ether oxygens (including phenoxy) is 3. The fourth-order valence-electron chi connectivity index (χ4n) is 8.72. The number of rotatable bonds is 52. The zero-order valence-electron chi connectivity index (χ0n) is 43.0. The molecule has 0 bridgehead atoms. The van der Waals surface area contributed by atoms with E-state index in [-0.39, 0.29) is 31.1 Å². The van der Waals surface area contributed by atoms with Crippen LogP contribution in [0.4, 0.5) is 0 Å². The number of hydrogen-bond acceptors (Lipinski definition) is 6. The van der Waals surface area contributed by atoms with Crippen molar-refractivity contribution in [1.82, 2.24) is 0 Å².